The van der Waals surface area contributed by atoms with Gasteiger partial charge < -0.3 is 14.9 Å². The first kappa shape index (κ1) is 91.1. The van der Waals surface area contributed by atoms with Crippen LogP contribution < -0.4 is 0 Å². The van der Waals surface area contributed by atoms with Crippen LogP contribution in [0.4, 0.5) is 0 Å². The van der Waals surface area contributed by atoms with E-state index in [-0.39, 0.29) is 65.5 Å². The van der Waals surface area contributed by atoms with E-state index in [1.165, 1.54) is 0 Å². The molecule has 0 fully saturated rings. The van der Waals surface area contributed by atoms with Gasteiger partial charge >= 0.3 is 0 Å². The van der Waals surface area contributed by atoms with E-state index in [1.807, 2.05) is 0 Å². The van der Waals surface area contributed by atoms with Crippen LogP contribution in [0.5, 0.6) is 0 Å². The van der Waals surface area contributed by atoms with Crippen LogP contribution in [0.15, 0.2) is 0 Å². The Bertz CT molecular complexity index is 7.61. The Balaban J connectivity index is 0. The molecule has 0 aromatic rings. The van der Waals surface area contributed by atoms with E-state index in [2.05, 4.69) is 0 Å². The Kier molecular flexibility index (Phi) is 935. The SMILES string of the molecule is Cl.Cl.[CH3-].[CH3-].[Hf]. The van der Waals surface area contributed by atoms with E-state index in [4.69, 9.17) is 0 Å². The van der Waals surface area contributed by atoms with Gasteiger partial charge in [-0.25, -0.2) is 0 Å². The topological polar surface area (TPSA) is 0 Å². The molecular formula is C2H8Cl2Hf-2. The smallest absolute Gasteiger partial charge is 0 e. The van der Waals surface area contributed by atoms with Gasteiger partial charge in [0.15, 0.2) is 0 Å². The van der Waals surface area contributed by atoms with Gasteiger partial charge in [-0.3, -0.25) is 0 Å². The van der Waals surface area contributed by atoms with Crippen molar-refractivity contribution in [3.05, 3.63) is 14.9 Å². The van der Waals surface area contributed by atoms with Gasteiger partial charge in [0.1, 0.15) is 0 Å². The predicted octanol–water partition coefficient (Wildman–Crippen LogP) is 1.74. The third kappa shape index (κ3) is 30.9. The van der Waals surface area contributed by atoms with Crippen molar-refractivity contribution in [3.8, 4) is 0 Å². The molecule has 0 atom stereocenters. The summed E-state index contributed by atoms with van der Waals surface area (Å²) in [5.74, 6) is 0. The monoisotopic (exact) mass is 282 g/mol. The molecule has 0 N–H and O–H groups in total. The van der Waals surface area contributed by atoms with E-state index in [0.717, 1.165) is 0 Å². The molecule has 36 valence electrons. The Morgan fingerprint density at radius 3 is 0.600 bits per heavy atom. The van der Waals surface area contributed by atoms with Gasteiger partial charge in [0.2, 0.25) is 0 Å². The third-order valence-corrected chi connectivity index (χ3v) is 0. The summed E-state index contributed by atoms with van der Waals surface area (Å²) in [6, 6.07) is 0. The average molecular weight is 281 g/mol. The summed E-state index contributed by atoms with van der Waals surface area (Å²) in [6.45, 7) is 0. The fourth-order valence-corrected chi connectivity index (χ4v) is 0. The molecule has 0 unspecified atom stereocenters. The maximum atomic E-state index is 0. The maximum absolute atomic E-state index is 0. The van der Waals surface area contributed by atoms with E-state index in [0.29, 0.717) is 0 Å². The van der Waals surface area contributed by atoms with Crippen LogP contribution in [0.3, 0.4) is 0 Å². The van der Waals surface area contributed by atoms with Gasteiger partial charge in [-0.15, -0.1) is 24.8 Å². The molecule has 5 heavy (non-hydrogen) atoms. The molecule has 0 aliphatic carbocycles. The molecule has 0 aromatic carbocycles. The molecule has 0 amide bonds. The van der Waals surface area contributed by atoms with Crippen molar-refractivity contribution in [1.82, 2.24) is 0 Å². The standard InChI is InChI=1S/2CH3.2ClH.Hf/h2*1H3;2*1H;/q2*-1;;;. The summed E-state index contributed by atoms with van der Waals surface area (Å²) in [7, 11) is 0. The average Bonchev–Trinajstić information content (AvgIpc) is 0. The molecule has 0 aliphatic heterocycles. The van der Waals surface area contributed by atoms with E-state index in [1.54, 1.807) is 0 Å². The molecule has 0 bridgehead atoms. The summed E-state index contributed by atoms with van der Waals surface area (Å²) in [6.07, 6.45) is 0. The zero-order valence-corrected chi connectivity index (χ0v) is 8.54. The first-order valence-corrected chi connectivity index (χ1v) is 0. The Hall–Kier alpha value is 1.45. The Labute approximate surface area is 65.3 Å². The van der Waals surface area contributed by atoms with Crippen molar-refractivity contribution in [2.24, 2.45) is 0 Å². The van der Waals surface area contributed by atoms with Crippen LogP contribution in [0, 0.1) is 14.9 Å². The van der Waals surface area contributed by atoms with E-state index < -0.39 is 0 Å². The summed E-state index contributed by atoms with van der Waals surface area (Å²) in [5, 5.41) is 0. The van der Waals surface area contributed by atoms with Crippen LogP contribution in [-0.2, 0) is 25.8 Å². The van der Waals surface area contributed by atoms with Crippen LogP contribution in [-0.4, -0.2) is 0 Å². The molecule has 0 nitrogen and oxygen atoms in total. The van der Waals surface area contributed by atoms with Gasteiger partial charge in [0.25, 0.3) is 0 Å². The number of halogens is 2. The molecule has 0 saturated heterocycles. The second-order valence-electron chi connectivity index (χ2n) is 0. The van der Waals surface area contributed by atoms with Gasteiger partial charge in [0.05, 0.1) is 0 Å². The van der Waals surface area contributed by atoms with Gasteiger partial charge in [-0.2, -0.15) is 0 Å². The molecule has 0 aliphatic rings. The molecule has 0 heterocycles. The van der Waals surface area contributed by atoms with Crippen LogP contribution in [0.1, 0.15) is 0 Å². The minimum atomic E-state index is 0. The van der Waals surface area contributed by atoms with Crippen LogP contribution in [0.25, 0.3) is 0 Å². The minimum absolute atomic E-state index is 0. The van der Waals surface area contributed by atoms with Crippen LogP contribution in [0.2, 0.25) is 0 Å². The molecule has 3 heteroatoms. The fourth-order valence-electron chi connectivity index (χ4n) is 0. The maximum Gasteiger partial charge on any atom is 0 e. The molecule has 0 aromatic heterocycles. The minimum Gasteiger partial charge on any atom is -0.358 e. The van der Waals surface area contributed by atoms with Gasteiger partial charge in [0, 0.05) is 25.8 Å². The van der Waals surface area contributed by atoms with Crippen LogP contribution >= 0.6 is 24.8 Å². The molecule has 0 saturated carbocycles. The fraction of sp³-hybridized carbons (Fsp3) is 0. The Morgan fingerprint density at radius 2 is 0.600 bits per heavy atom. The van der Waals surface area contributed by atoms with Crippen molar-refractivity contribution in [2.75, 3.05) is 0 Å². The summed E-state index contributed by atoms with van der Waals surface area (Å²) < 4.78 is 0. The Morgan fingerprint density at radius 1 is 0.600 bits per heavy atom. The summed E-state index contributed by atoms with van der Waals surface area (Å²) >= 11 is 0. The van der Waals surface area contributed by atoms with Gasteiger partial charge in [-0.05, 0) is 0 Å². The molecular weight excluding hydrogens is 273 g/mol. The normalized spacial score (nSPS) is 0. The van der Waals surface area contributed by atoms with E-state index >= 15 is 0 Å². The number of hydrogen-bond acceptors (Lipinski definition) is 0. The quantitative estimate of drug-likeness (QED) is 0.469. The molecule has 0 radical (unpaired) electrons. The summed E-state index contributed by atoms with van der Waals surface area (Å²) in [5.41, 5.74) is 0. The third-order valence-electron chi connectivity index (χ3n) is 0. The number of hydrogen-bond donors (Lipinski definition) is 0. The molecule has 0 spiro atoms. The van der Waals surface area contributed by atoms with Gasteiger partial charge in [-0.1, -0.05) is 0 Å². The zero-order valence-electron chi connectivity index (χ0n) is 3.32. The second kappa shape index (κ2) is 51.3. The van der Waals surface area contributed by atoms with Crippen molar-refractivity contribution in [1.29, 1.82) is 0 Å². The zero-order chi connectivity index (χ0) is 0. The van der Waals surface area contributed by atoms with Crippen molar-refractivity contribution in [3.63, 3.8) is 0 Å². The van der Waals surface area contributed by atoms with E-state index in [9.17, 15) is 0 Å². The predicted molar refractivity (Wildman–Crippen MR) is 27.3 cm³/mol. The first-order chi connectivity index (χ1) is 0. The first-order valence-electron chi connectivity index (χ1n) is 0. The largest absolute Gasteiger partial charge is 0.358 e. The summed E-state index contributed by atoms with van der Waals surface area (Å²) in [4.78, 5) is 0. The molecule has 0 rings (SSSR count). The van der Waals surface area contributed by atoms with Crippen molar-refractivity contribution < 1.29 is 25.8 Å². The van der Waals surface area contributed by atoms with Crippen molar-refractivity contribution in [2.45, 2.75) is 0 Å². The van der Waals surface area contributed by atoms with Crippen molar-refractivity contribution >= 4 is 24.8 Å². The second-order valence-corrected chi connectivity index (χ2v) is 0. The number of rotatable bonds is 0.